The first-order valence-electron chi connectivity index (χ1n) is 10.4. The first-order valence-corrected chi connectivity index (χ1v) is 13.5. The minimum atomic E-state index is -4.78. The molecule has 1 atom stereocenters. The standard InChI is InChI=1S/C22H18Cl3F4N3O3S/c1-36(34,35)9-18(33)32-10-20(26,11-32)13-4-2-12(3-5-13)17-8-21(31-30-17,22(27,28)29)14-6-15(23)19(25)16(24)7-14/h2-7,31H,8-11H2,1H3. The minimum absolute atomic E-state index is 0.0677. The summed E-state index contributed by atoms with van der Waals surface area (Å²) in [6, 6.07) is 7.84. The van der Waals surface area contributed by atoms with Gasteiger partial charge in [0.15, 0.2) is 21.0 Å². The van der Waals surface area contributed by atoms with Crippen molar-refractivity contribution in [3.63, 3.8) is 0 Å². The van der Waals surface area contributed by atoms with Crippen LogP contribution in [0.5, 0.6) is 0 Å². The quantitative estimate of drug-likeness (QED) is 0.401. The number of carbonyl (C=O) groups excluding carboxylic acids is 1. The first kappa shape index (κ1) is 27.0. The predicted molar refractivity (Wildman–Crippen MR) is 129 cm³/mol. The molecule has 0 aromatic heterocycles. The van der Waals surface area contributed by atoms with Crippen molar-refractivity contribution >= 4 is 56.3 Å². The van der Waals surface area contributed by atoms with Crippen LogP contribution in [-0.2, 0) is 25.8 Å². The Bertz CT molecular complexity index is 1340. The van der Waals surface area contributed by atoms with Crippen molar-refractivity contribution in [1.29, 1.82) is 0 Å². The topological polar surface area (TPSA) is 78.8 Å². The summed E-state index contributed by atoms with van der Waals surface area (Å²) in [6.45, 7) is -0.642. The number of benzene rings is 2. The van der Waals surface area contributed by atoms with Crippen LogP contribution in [0.2, 0.25) is 15.1 Å². The van der Waals surface area contributed by atoms with E-state index in [1.807, 2.05) is 0 Å². The molecule has 0 spiro atoms. The summed E-state index contributed by atoms with van der Waals surface area (Å²) in [5, 5.41) is 3.56. The molecule has 0 bridgehead atoms. The van der Waals surface area contributed by atoms with E-state index in [-0.39, 0.29) is 45.0 Å². The summed E-state index contributed by atoms with van der Waals surface area (Å²) in [6.07, 6.45) is -4.45. The van der Waals surface area contributed by atoms with Gasteiger partial charge in [-0.05, 0) is 28.8 Å². The summed E-state index contributed by atoms with van der Waals surface area (Å²) >= 11 is 17.8. The number of carbonyl (C=O) groups is 1. The average molecular weight is 587 g/mol. The molecule has 4 rings (SSSR count). The van der Waals surface area contributed by atoms with Gasteiger partial charge in [-0.15, -0.1) is 0 Å². The fourth-order valence-electron chi connectivity index (χ4n) is 4.15. The van der Waals surface area contributed by atoms with Crippen LogP contribution in [0, 0.1) is 0 Å². The molecular formula is C22H18Cl3F4N3O3S. The molecule has 36 heavy (non-hydrogen) atoms. The van der Waals surface area contributed by atoms with E-state index in [2.05, 4.69) is 10.5 Å². The maximum absolute atomic E-state index is 15.2. The van der Waals surface area contributed by atoms with Crippen LogP contribution in [0.3, 0.4) is 0 Å². The lowest BCUT2D eigenvalue weighted by Gasteiger charge is -2.44. The van der Waals surface area contributed by atoms with Gasteiger partial charge < -0.3 is 4.90 Å². The number of nitrogens with one attached hydrogen (secondary N) is 1. The van der Waals surface area contributed by atoms with E-state index in [0.717, 1.165) is 23.3 Å². The second-order valence-electron chi connectivity index (χ2n) is 8.87. The Labute approximate surface area is 219 Å². The SMILES string of the molecule is CS(=O)(=O)CC(=O)N1CC(F)(c2ccc(C3=NNC(c4cc(Cl)c(Cl)c(Cl)c4)(C(F)(F)F)C3)cc2)C1. The van der Waals surface area contributed by atoms with E-state index in [0.29, 0.717) is 5.56 Å². The molecule has 194 valence electrons. The lowest BCUT2D eigenvalue weighted by Crippen LogP contribution is -2.59. The number of alkyl halides is 4. The number of sulfone groups is 1. The Morgan fingerprint density at radius 2 is 1.64 bits per heavy atom. The third kappa shape index (κ3) is 4.90. The Morgan fingerprint density at radius 3 is 2.14 bits per heavy atom. The van der Waals surface area contributed by atoms with Crippen LogP contribution in [0.15, 0.2) is 41.5 Å². The molecule has 0 aliphatic carbocycles. The van der Waals surface area contributed by atoms with Crippen molar-refractivity contribution in [3.8, 4) is 0 Å². The first-order chi connectivity index (χ1) is 16.5. The summed E-state index contributed by atoms with van der Waals surface area (Å²) < 4.78 is 80.6. The second-order valence-corrected chi connectivity index (χ2v) is 12.2. The fourth-order valence-corrected chi connectivity index (χ4v) is 5.38. The molecule has 1 amide bonds. The number of nitrogens with zero attached hydrogens (tertiary/aromatic N) is 2. The minimum Gasteiger partial charge on any atom is -0.335 e. The number of rotatable bonds is 5. The predicted octanol–water partition coefficient (Wildman–Crippen LogP) is 4.85. The van der Waals surface area contributed by atoms with Gasteiger partial charge in [0.2, 0.25) is 5.91 Å². The molecule has 0 radical (unpaired) electrons. The number of likely N-dealkylation sites (tertiary alicyclic amines) is 1. The molecule has 2 aliphatic heterocycles. The van der Waals surface area contributed by atoms with Crippen molar-refractivity contribution in [2.45, 2.75) is 23.8 Å². The Morgan fingerprint density at radius 1 is 1.08 bits per heavy atom. The van der Waals surface area contributed by atoms with Gasteiger partial charge in [0, 0.05) is 12.7 Å². The zero-order valence-electron chi connectivity index (χ0n) is 18.5. The van der Waals surface area contributed by atoms with Gasteiger partial charge in [0.05, 0.1) is 33.9 Å². The highest BCUT2D eigenvalue weighted by atomic mass is 35.5. The van der Waals surface area contributed by atoms with Crippen LogP contribution >= 0.6 is 34.8 Å². The molecule has 0 saturated carbocycles. The maximum Gasteiger partial charge on any atom is 0.417 e. The van der Waals surface area contributed by atoms with E-state index < -0.39 is 45.3 Å². The smallest absolute Gasteiger partial charge is 0.335 e. The molecule has 1 unspecified atom stereocenters. The molecule has 1 fully saturated rings. The Balaban J connectivity index is 1.52. The number of hydrogen-bond acceptors (Lipinski definition) is 5. The highest BCUT2D eigenvalue weighted by molar-refractivity contribution is 7.91. The number of halogens is 7. The summed E-state index contributed by atoms with van der Waals surface area (Å²) in [4.78, 5) is 13.0. The van der Waals surface area contributed by atoms with Gasteiger partial charge >= 0.3 is 6.18 Å². The molecule has 2 aliphatic rings. The van der Waals surface area contributed by atoms with Crippen LogP contribution in [-0.4, -0.2) is 56.2 Å². The monoisotopic (exact) mass is 585 g/mol. The van der Waals surface area contributed by atoms with E-state index >= 15 is 4.39 Å². The third-order valence-electron chi connectivity index (χ3n) is 6.13. The molecule has 1 N–H and O–H groups in total. The van der Waals surface area contributed by atoms with Gasteiger partial charge in [0.1, 0.15) is 5.75 Å². The largest absolute Gasteiger partial charge is 0.417 e. The summed E-state index contributed by atoms with van der Waals surface area (Å²) in [5.41, 5.74) is -1.96. The molecule has 14 heteroatoms. The van der Waals surface area contributed by atoms with Crippen LogP contribution in [0.4, 0.5) is 17.6 Å². The third-order valence-corrected chi connectivity index (χ3v) is 8.10. The van der Waals surface area contributed by atoms with Gasteiger partial charge in [-0.1, -0.05) is 59.1 Å². The highest BCUT2D eigenvalue weighted by Gasteiger charge is 2.59. The lowest BCUT2D eigenvalue weighted by atomic mass is 9.83. The summed E-state index contributed by atoms with van der Waals surface area (Å²) in [5.74, 6) is -1.40. The Hall–Kier alpha value is -2.08. The van der Waals surface area contributed by atoms with E-state index in [9.17, 15) is 26.4 Å². The molecule has 2 heterocycles. The van der Waals surface area contributed by atoms with Crippen molar-refractivity contribution in [1.82, 2.24) is 10.3 Å². The van der Waals surface area contributed by atoms with Crippen molar-refractivity contribution < 1.29 is 30.8 Å². The van der Waals surface area contributed by atoms with Gasteiger partial charge in [0.25, 0.3) is 0 Å². The van der Waals surface area contributed by atoms with Gasteiger partial charge in [-0.2, -0.15) is 18.3 Å². The fraction of sp³-hybridized carbons (Fsp3) is 0.364. The second kappa shape index (κ2) is 9.04. The zero-order valence-corrected chi connectivity index (χ0v) is 21.5. The number of hydrogen-bond donors (Lipinski definition) is 1. The molecular weight excluding hydrogens is 569 g/mol. The van der Waals surface area contributed by atoms with E-state index in [4.69, 9.17) is 34.8 Å². The van der Waals surface area contributed by atoms with Crippen molar-refractivity contribution in [3.05, 3.63) is 68.2 Å². The summed E-state index contributed by atoms with van der Waals surface area (Å²) in [7, 11) is -3.54. The van der Waals surface area contributed by atoms with Crippen molar-refractivity contribution in [2.75, 3.05) is 25.1 Å². The van der Waals surface area contributed by atoms with Crippen LogP contribution in [0.1, 0.15) is 23.1 Å². The Kier molecular flexibility index (Phi) is 6.77. The van der Waals surface area contributed by atoms with Crippen molar-refractivity contribution in [2.24, 2.45) is 5.10 Å². The molecule has 2 aromatic carbocycles. The molecule has 2 aromatic rings. The van der Waals surface area contributed by atoms with Crippen LogP contribution in [0.25, 0.3) is 0 Å². The van der Waals surface area contributed by atoms with E-state index in [1.54, 1.807) is 0 Å². The van der Waals surface area contributed by atoms with E-state index in [1.165, 1.54) is 24.3 Å². The zero-order chi connectivity index (χ0) is 26.7. The molecule has 6 nitrogen and oxygen atoms in total. The van der Waals surface area contributed by atoms with Gasteiger partial charge in [-0.3, -0.25) is 10.2 Å². The maximum atomic E-state index is 15.2. The number of amides is 1. The normalized spacial score (nSPS) is 21.6. The average Bonchev–Trinajstić information content (AvgIpc) is 3.21. The van der Waals surface area contributed by atoms with Gasteiger partial charge in [-0.25, -0.2) is 12.8 Å². The van der Waals surface area contributed by atoms with Crippen LogP contribution < -0.4 is 5.43 Å². The highest BCUT2D eigenvalue weighted by Crippen LogP contribution is 2.47. The lowest BCUT2D eigenvalue weighted by molar-refractivity contribution is -0.196. The molecule has 1 saturated heterocycles. The number of hydrazone groups is 1.